The molecule has 9 heteroatoms. The first-order valence-corrected chi connectivity index (χ1v) is 8.32. The first-order chi connectivity index (χ1) is 11.7. The van der Waals surface area contributed by atoms with E-state index in [-0.39, 0.29) is 24.0 Å². The van der Waals surface area contributed by atoms with Gasteiger partial charge in [-0.25, -0.2) is 4.98 Å². The van der Waals surface area contributed by atoms with Gasteiger partial charge in [0.15, 0.2) is 5.96 Å². The second kappa shape index (κ2) is 9.18. The number of hydrogen-bond acceptors (Lipinski definition) is 4. The zero-order valence-electron chi connectivity index (χ0n) is 14.6. The minimum absolute atomic E-state index is 0. The van der Waals surface area contributed by atoms with Gasteiger partial charge in [0, 0.05) is 51.6 Å². The fraction of sp³-hybridized carbons (Fsp3) is 0.562. The van der Waals surface area contributed by atoms with Crippen molar-refractivity contribution in [1.82, 2.24) is 30.0 Å². The second-order valence-corrected chi connectivity index (χ2v) is 6.07. The summed E-state index contributed by atoms with van der Waals surface area (Å²) in [5, 5.41) is 20.6. The first-order valence-electron chi connectivity index (χ1n) is 8.32. The molecule has 0 aromatic carbocycles. The maximum absolute atomic E-state index is 10.2. The van der Waals surface area contributed by atoms with E-state index >= 15 is 0 Å². The topological polar surface area (TPSA) is 92.3 Å². The van der Waals surface area contributed by atoms with Gasteiger partial charge in [0.1, 0.15) is 5.82 Å². The van der Waals surface area contributed by atoms with Gasteiger partial charge in [0.05, 0.1) is 24.5 Å². The number of guanidine groups is 1. The molecule has 1 aliphatic heterocycles. The SMILES string of the molecule is CN=C(NCc1cn2c(n1)CCCC2)NCC(O)c1cnn(C)c1.I. The minimum atomic E-state index is -0.628. The fourth-order valence-electron chi connectivity index (χ4n) is 2.88. The van der Waals surface area contributed by atoms with Crippen LogP contribution in [0.15, 0.2) is 23.6 Å². The molecule has 3 heterocycles. The fourth-order valence-corrected chi connectivity index (χ4v) is 2.88. The van der Waals surface area contributed by atoms with Gasteiger partial charge in [-0.3, -0.25) is 9.67 Å². The van der Waals surface area contributed by atoms with Crippen molar-refractivity contribution in [1.29, 1.82) is 0 Å². The van der Waals surface area contributed by atoms with Crippen LogP contribution in [0, 0.1) is 0 Å². The molecule has 0 bridgehead atoms. The molecule has 0 amide bonds. The summed E-state index contributed by atoms with van der Waals surface area (Å²) in [6.07, 6.45) is 8.46. The summed E-state index contributed by atoms with van der Waals surface area (Å²) in [5.41, 5.74) is 1.80. The molecule has 25 heavy (non-hydrogen) atoms. The molecule has 2 aromatic heterocycles. The number of imidazole rings is 1. The molecule has 0 spiro atoms. The van der Waals surface area contributed by atoms with E-state index in [4.69, 9.17) is 0 Å². The number of nitrogens with one attached hydrogen (secondary N) is 2. The van der Waals surface area contributed by atoms with Gasteiger partial charge >= 0.3 is 0 Å². The number of fused-ring (bicyclic) bond motifs is 1. The molecule has 3 rings (SSSR count). The highest BCUT2D eigenvalue weighted by Crippen LogP contribution is 2.14. The quantitative estimate of drug-likeness (QED) is 0.352. The van der Waals surface area contributed by atoms with Crippen LogP contribution in [0.3, 0.4) is 0 Å². The molecule has 138 valence electrons. The van der Waals surface area contributed by atoms with Gasteiger partial charge in [-0.1, -0.05) is 0 Å². The zero-order chi connectivity index (χ0) is 16.9. The maximum atomic E-state index is 10.2. The molecule has 3 N–H and O–H groups in total. The van der Waals surface area contributed by atoms with Crippen LogP contribution >= 0.6 is 24.0 Å². The lowest BCUT2D eigenvalue weighted by Crippen LogP contribution is -2.39. The normalized spacial score (nSPS) is 15.2. The molecular weight excluding hydrogens is 433 g/mol. The Morgan fingerprint density at radius 3 is 2.88 bits per heavy atom. The van der Waals surface area contributed by atoms with E-state index in [1.807, 2.05) is 7.05 Å². The van der Waals surface area contributed by atoms with E-state index in [1.54, 1.807) is 24.1 Å². The third-order valence-electron chi connectivity index (χ3n) is 4.19. The van der Waals surface area contributed by atoms with Crippen molar-refractivity contribution in [3.63, 3.8) is 0 Å². The van der Waals surface area contributed by atoms with Crippen molar-refractivity contribution < 1.29 is 5.11 Å². The Morgan fingerprint density at radius 2 is 2.20 bits per heavy atom. The first kappa shape index (κ1) is 19.7. The Morgan fingerprint density at radius 1 is 1.36 bits per heavy atom. The Balaban J connectivity index is 0.00000225. The predicted molar refractivity (Wildman–Crippen MR) is 107 cm³/mol. The van der Waals surface area contributed by atoms with Gasteiger partial charge in [-0.2, -0.15) is 5.10 Å². The van der Waals surface area contributed by atoms with Crippen LogP contribution in [-0.4, -0.2) is 44.0 Å². The Bertz CT molecular complexity index is 686. The van der Waals surface area contributed by atoms with Crippen molar-refractivity contribution >= 4 is 29.9 Å². The van der Waals surface area contributed by atoms with Crippen molar-refractivity contribution in [2.24, 2.45) is 12.0 Å². The average molecular weight is 459 g/mol. The smallest absolute Gasteiger partial charge is 0.191 e. The van der Waals surface area contributed by atoms with E-state index in [2.05, 4.69) is 36.5 Å². The van der Waals surface area contributed by atoms with Gasteiger partial charge in [-0.05, 0) is 12.8 Å². The van der Waals surface area contributed by atoms with Crippen molar-refractivity contribution in [2.45, 2.75) is 38.5 Å². The summed E-state index contributed by atoms with van der Waals surface area (Å²) < 4.78 is 3.91. The number of rotatable bonds is 5. The number of aliphatic hydroxyl groups excluding tert-OH is 1. The van der Waals surface area contributed by atoms with Crippen LogP contribution in [-0.2, 0) is 26.6 Å². The van der Waals surface area contributed by atoms with E-state index < -0.39 is 6.10 Å². The molecular formula is C16H26IN7O. The molecule has 0 radical (unpaired) electrons. The molecule has 0 aliphatic carbocycles. The third-order valence-corrected chi connectivity index (χ3v) is 4.19. The lowest BCUT2D eigenvalue weighted by molar-refractivity contribution is 0.180. The van der Waals surface area contributed by atoms with Crippen LogP contribution in [0.5, 0.6) is 0 Å². The highest BCUT2D eigenvalue weighted by atomic mass is 127. The van der Waals surface area contributed by atoms with Crippen LogP contribution in [0.1, 0.15) is 36.0 Å². The number of halogens is 1. The largest absolute Gasteiger partial charge is 0.386 e. The maximum Gasteiger partial charge on any atom is 0.191 e. The van der Waals surface area contributed by atoms with Crippen LogP contribution in [0.25, 0.3) is 0 Å². The van der Waals surface area contributed by atoms with Crippen molar-refractivity contribution in [3.8, 4) is 0 Å². The number of nitrogens with zero attached hydrogens (tertiary/aromatic N) is 5. The molecule has 0 fully saturated rings. The zero-order valence-corrected chi connectivity index (χ0v) is 17.0. The lowest BCUT2D eigenvalue weighted by Gasteiger charge is -2.14. The number of hydrogen-bond donors (Lipinski definition) is 3. The number of aliphatic imine (C=N–C) groups is 1. The van der Waals surface area contributed by atoms with Gasteiger partial charge in [0.25, 0.3) is 0 Å². The Labute approximate surface area is 164 Å². The molecule has 0 saturated heterocycles. The van der Waals surface area contributed by atoms with E-state index in [0.29, 0.717) is 19.0 Å². The number of aromatic nitrogens is 4. The summed E-state index contributed by atoms with van der Waals surface area (Å²) in [6, 6.07) is 0. The highest BCUT2D eigenvalue weighted by Gasteiger charge is 2.13. The molecule has 0 saturated carbocycles. The Kier molecular flexibility index (Phi) is 7.24. The van der Waals surface area contributed by atoms with E-state index in [0.717, 1.165) is 24.2 Å². The third kappa shape index (κ3) is 5.18. The van der Waals surface area contributed by atoms with E-state index in [9.17, 15) is 5.11 Å². The monoisotopic (exact) mass is 459 g/mol. The van der Waals surface area contributed by atoms with Gasteiger partial charge < -0.3 is 20.3 Å². The summed E-state index contributed by atoms with van der Waals surface area (Å²) >= 11 is 0. The molecule has 8 nitrogen and oxygen atoms in total. The van der Waals surface area contributed by atoms with Crippen LogP contribution in [0.4, 0.5) is 0 Å². The molecule has 1 unspecified atom stereocenters. The van der Waals surface area contributed by atoms with Crippen molar-refractivity contribution in [3.05, 3.63) is 35.7 Å². The standard InChI is InChI=1S/C16H25N7O.HI/c1-17-16(19-9-14(24)12-7-20-22(2)10-12)18-8-13-11-23-6-4-3-5-15(23)21-13;/h7,10-11,14,24H,3-6,8-9H2,1-2H3,(H2,17,18,19);1H. The van der Waals surface area contributed by atoms with Gasteiger partial charge in [0.2, 0.25) is 0 Å². The van der Waals surface area contributed by atoms with Crippen LogP contribution in [0.2, 0.25) is 0 Å². The second-order valence-electron chi connectivity index (χ2n) is 6.07. The van der Waals surface area contributed by atoms with Gasteiger partial charge in [-0.15, -0.1) is 24.0 Å². The summed E-state index contributed by atoms with van der Waals surface area (Å²) in [4.78, 5) is 8.84. The summed E-state index contributed by atoms with van der Waals surface area (Å²) in [7, 11) is 3.54. The van der Waals surface area contributed by atoms with Crippen molar-refractivity contribution in [2.75, 3.05) is 13.6 Å². The molecule has 1 atom stereocenters. The number of aryl methyl sites for hydroxylation is 3. The minimum Gasteiger partial charge on any atom is -0.386 e. The summed E-state index contributed by atoms with van der Waals surface area (Å²) in [5.74, 6) is 1.82. The van der Waals surface area contributed by atoms with Crippen LogP contribution < -0.4 is 10.6 Å². The predicted octanol–water partition coefficient (Wildman–Crippen LogP) is 0.969. The average Bonchev–Trinajstić information content (AvgIpc) is 3.20. The molecule has 1 aliphatic rings. The Hall–Kier alpha value is -1.62. The van der Waals surface area contributed by atoms with E-state index in [1.165, 1.54) is 18.7 Å². The lowest BCUT2D eigenvalue weighted by atomic mass is 10.2. The summed E-state index contributed by atoms with van der Waals surface area (Å²) in [6.45, 7) is 2.04. The number of aliphatic hydroxyl groups is 1. The molecule has 2 aromatic rings. The highest BCUT2D eigenvalue weighted by molar-refractivity contribution is 14.0.